The van der Waals surface area contributed by atoms with Crippen LogP contribution in [0.3, 0.4) is 0 Å². The van der Waals surface area contributed by atoms with Crippen molar-refractivity contribution in [1.82, 2.24) is 10.2 Å². The Labute approximate surface area is 232 Å². The summed E-state index contributed by atoms with van der Waals surface area (Å²) in [7, 11) is 0. The summed E-state index contributed by atoms with van der Waals surface area (Å²) >= 11 is 3.37. The van der Waals surface area contributed by atoms with Gasteiger partial charge in [0, 0.05) is 47.2 Å². The van der Waals surface area contributed by atoms with Gasteiger partial charge in [0.1, 0.15) is 5.75 Å². The van der Waals surface area contributed by atoms with Crippen LogP contribution in [0.4, 0.5) is 4.79 Å². The zero-order chi connectivity index (χ0) is 27.7. The van der Waals surface area contributed by atoms with E-state index in [1.54, 1.807) is 17.0 Å². The number of carbonyl (C=O) groups excluding carboxylic acids is 2. The zero-order valence-electron chi connectivity index (χ0n) is 22.1. The number of ether oxygens (including phenoxy) is 2. The molecule has 2 aromatic carbocycles. The third-order valence-electron chi connectivity index (χ3n) is 6.23. The van der Waals surface area contributed by atoms with E-state index in [1.807, 2.05) is 51.1 Å². The Kier molecular flexibility index (Phi) is 10.8. The number of amides is 2. The second-order valence-corrected chi connectivity index (χ2v) is 10.5. The molecule has 0 saturated heterocycles. The van der Waals surface area contributed by atoms with Gasteiger partial charge in [-0.3, -0.25) is 9.59 Å². The molecule has 8 nitrogen and oxygen atoms in total. The number of fused-ring (bicyclic) bond motifs is 1. The highest BCUT2D eigenvalue weighted by Gasteiger charge is 2.26. The van der Waals surface area contributed by atoms with Gasteiger partial charge in [-0.05, 0) is 67.1 Å². The first kappa shape index (κ1) is 29.2. The average molecular weight is 588 g/mol. The number of carbonyl (C=O) groups is 3. The van der Waals surface area contributed by atoms with Gasteiger partial charge < -0.3 is 24.8 Å². The Morgan fingerprint density at radius 3 is 2.50 bits per heavy atom. The Balaban J connectivity index is 1.68. The number of hydrogen-bond donors (Lipinski definition) is 2. The molecule has 0 fully saturated rings. The number of carboxylic acids is 1. The summed E-state index contributed by atoms with van der Waals surface area (Å²) in [6.45, 7) is 7.37. The van der Waals surface area contributed by atoms with Crippen LogP contribution in [0.1, 0.15) is 60.7 Å². The number of nitrogens with one attached hydrogen (secondary N) is 1. The molecular weight excluding hydrogens is 552 g/mol. The number of hydrogen-bond acceptors (Lipinski definition) is 5. The Bertz CT molecular complexity index is 1180. The van der Waals surface area contributed by atoms with Gasteiger partial charge in [-0.15, -0.1) is 0 Å². The van der Waals surface area contributed by atoms with E-state index >= 15 is 0 Å². The number of benzene rings is 2. The molecule has 204 valence electrons. The lowest BCUT2D eigenvalue weighted by Gasteiger charge is -2.31. The van der Waals surface area contributed by atoms with Gasteiger partial charge >= 0.3 is 12.1 Å². The van der Waals surface area contributed by atoms with Crippen molar-refractivity contribution >= 4 is 33.9 Å². The van der Waals surface area contributed by atoms with Crippen LogP contribution in [-0.2, 0) is 28.9 Å². The molecule has 0 spiro atoms. The highest BCUT2D eigenvalue weighted by atomic mass is 79.9. The van der Waals surface area contributed by atoms with Gasteiger partial charge in [-0.25, -0.2) is 4.79 Å². The number of halogens is 1. The van der Waals surface area contributed by atoms with Gasteiger partial charge in [0.15, 0.2) is 0 Å². The number of aryl methyl sites for hydroxylation is 1. The van der Waals surface area contributed by atoms with Crippen molar-refractivity contribution in [2.45, 2.75) is 53.0 Å². The number of aliphatic carboxylic acids is 1. The fourth-order valence-corrected chi connectivity index (χ4v) is 4.44. The third kappa shape index (κ3) is 8.34. The minimum absolute atomic E-state index is 0.00710. The minimum Gasteiger partial charge on any atom is -0.493 e. The predicted molar refractivity (Wildman–Crippen MR) is 148 cm³/mol. The second kappa shape index (κ2) is 14.0. The molecule has 1 heterocycles. The molecule has 0 bridgehead atoms. The first-order chi connectivity index (χ1) is 18.2. The topological polar surface area (TPSA) is 105 Å². The Morgan fingerprint density at radius 1 is 1.11 bits per heavy atom. The van der Waals surface area contributed by atoms with Crippen molar-refractivity contribution in [3.05, 3.63) is 74.9 Å². The van der Waals surface area contributed by atoms with Crippen LogP contribution in [0.15, 0.2) is 52.6 Å². The normalized spacial score (nSPS) is 13.2. The molecule has 0 unspecified atom stereocenters. The van der Waals surface area contributed by atoms with Crippen LogP contribution in [0, 0.1) is 5.92 Å². The van der Waals surface area contributed by atoms with Gasteiger partial charge in [-0.2, -0.15) is 0 Å². The quantitative estimate of drug-likeness (QED) is 0.349. The highest BCUT2D eigenvalue weighted by molar-refractivity contribution is 9.10. The van der Waals surface area contributed by atoms with Crippen molar-refractivity contribution < 1.29 is 29.0 Å². The van der Waals surface area contributed by atoms with Gasteiger partial charge in [0.25, 0.3) is 5.91 Å². The SMILES string of the molecule is C/C=C(\CCOc1ccc(CCC(=O)O)c2c1CCN(C(=O)OCC(C)C)C2)NC(=O)c1ccc(Br)cc1. The molecule has 2 amide bonds. The Morgan fingerprint density at radius 2 is 1.84 bits per heavy atom. The van der Waals surface area contributed by atoms with E-state index in [4.69, 9.17) is 9.47 Å². The summed E-state index contributed by atoms with van der Waals surface area (Å²) in [6, 6.07) is 10.9. The number of carboxylic acid groups (broad SMARTS) is 1. The first-order valence-electron chi connectivity index (χ1n) is 12.8. The molecule has 0 atom stereocenters. The average Bonchev–Trinajstić information content (AvgIpc) is 2.90. The van der Waals surface area contributed by atoms with Crippen molar-refractivity contribution in [1.29, 1.82) is 0 Å². The largest absolute Gasteiger partial charge is 0.493 e. The molecule has 0 radical (unpaired) electrons. The number of allylic oxidation sites excluding steroid dienone is 1. The maximum absolute atomic E-state index is 12.6. The Hall–Kier alpha value is -3.33. The van der Waals surface area contributed by atoms with E-state index in [0.717, 1.165) is 26.9 Å². The van der Waals surface area contributed by atoms with Crippen LogP contribution in [0.2, 0.25) is 0 Å². The van der Waals surface area contributed by atoms with Gasteiger partial charge in [-0.1, -0.05) is 41.9 Å². The maximum atomic E-state index is 12.6. The predicted octanol–water partition coefficient (Wildman–Crippen LogP) is 5.72. The maximum Gasteiger partial charge on any atom is 0.410 e. The van der Waals surface area contributed by atoms with Crippen molar-refractivity contribution in [2.75, 3.05) is 19.8 Å². The van der Waals surface area contributed by atoms with Gasteiger partial charge in [0.2, 0.25) is 0 Å². The van der Waals surface area contributed by atoms with E-state index in [9.17, 15) is 19.5 Å². The number of rotatable bonds is 11. The standard InChI is InChI=1S/C29H35BrN2O6/c1-4-23(31-28(35)21-5-9-22(30)10-6-21)14-16-37-26-11-7-20(8-12-27(33)34)25-17-32(15-13-24(25)26)29(36)38-18-19(2)3/h4-7,9-11,19H,8,12-18H2,1-3H3,(H,31,35)(H,33,34)/b23-4+. The van der Waals surface area contributed by atoms with Crippen molar-refractivity contribution in [3.8, 4) is 5.75 Å². The van der Waals surface area contributed by atoms with Crippen molar-refractivity contribution in [3.63, 3.8) is 0 Å². The fraction of sp³-hybridized carbons (Fsp3) is 0.414. The molecule has 0 aliphatic carbocycles. The minimum atomic E-state index is -0.868. The summed E-state index contributed by atoms with van der Waals surface area (Å²) in [5.41, 5.74) is 4.12. The third-order valence-corrected chi connectivity index (χ3v) is 6.76. The van der Waals surface area contributed by atoms with E-state index in [-0.39, 0.29) is 24.3 Å². The summed E-state index contributed by atoms with van der Waals surface area (Å²) in [4.78, 5) is 38.0. The highest BCUT2D eigenvalue weighted by Crippen LogP contribution is 2.32. The van der Waals surface area contributed by atoms with Crippen LogP contribution in [0.5, 0.6) is 5.75 Å². The lowest BCUT2D eigenvalue weighted by atomic mass is 9.92. The van der Waals surface area contributed by atoms with E-state index < -0.39 is 5.97 Å². The van der Waals surface area contributed by atoms with Crippen LogP contribution in [-0.4, -0.2) is 47.7 Å². The van der Waals surface area contributed by atoms with Gasteiger partial charge in [0.05, 0.1) is 13.2 Å². The summed E-state index contributed by atoms with van der Waals surface area (Å²) in [5, 5.41) is 12.1. The molecule has 0 saturated carbocycles. The second-order valence-electron chi connectivity index (χ2n) is 9.59. The molecule has 0 aromatic heterocycles. The molecule has 2 N–H and O–H groups in total. The molecule has 1 aliphatic rings. The van der Waals surface area contributed by atoms with Crippen LogP contribution < -0.4 is 10.1 Å². The zero-order valence-corrected chi connectivity index (χ0v) is 23.7. The monoisotopic (exact) mass is 586 g/mol. The lowest BCUT2D eigenvalue weighted by molar-refractivity contribution is -0.136. The molecule has 2 aromatic rings. The first-order valence-corrected chi connectivity index (χ1v) is 13.6. The van der Waals surface area contributed by atoms with Crippen LogP contribution in [0.25, 0.3) is 0 Å². The number of nitrogens with zero attached hydrogens (tertiary/aromatic N) is 1. The van der Waals surface area contributed by atoms with E-state index in [0.29, 0.717) is 56.9 Å². The summed E-state index contributed by atoms with van der Waals surface area (Å²) < 4.78 is 12.5. The summed E-state index contributed by atoms with van der Waals surface area (Å²) in [5.74, 6) is -0.102. The summed E-state index contributed by atoms with van der Waals surface area (Å²) in [6.07, 6.45) is 2.95. The van der Waals surface area contributed by atoms with Crippen molar-refractivity contribution in [2.24, 2.45) is 5.92 Å². The van der Waals surface area contributed by atoms with E-state index in [2.05, 4.69) is 21.2 Å². The van der Waals surface area contributed by atoms with E-state index in [1.165, 1.54) is 0 Å². The molecule has 9 heteroatoms. The fourth-order valence-electron chi connectivity index (χ4n) is 4.17. The smallest absolute Gasteiger partial charge is 0.410 e. The molecular formula is C29H35BrN2O6. The van der Waals surface area contributed by atoms with Crippen LogP contribution >= 0.6 is 15.9 Å². The lowest BCUT2D eigenvalue weighted by Crippen LogP contribution is -2.37. The molecule has 3 rings (SSSR count). The molecule has 1 aliphatic heterocycles. The molecule has 38 heavy (non-hydrogen) atoms.